The normalized spacial score (nSPS) is 17.9. The number of rotatable bonds is 3. The molecule has 0 saturated carbocycles. The molecule has 0 radical (unpaired) electrons. The van der Waals surface area contributed by atoms with E-state index in [-0.39, 0.29) is 6.04 Å². The van der Waals surface area contributed by atoms with E-state index < -0.39 is 0 Å². The van der Waals surface area contributed by atoms with Gasteiger partial charge in [0.15, 0.2) is 5.65 Å². The van der Waals surface area contributed by atoms with Crippen LogP contribution in [0.2, 0.25) is 0 Å². The lowest BCUT2D eigenvalue weighted by Crippen LogP contribution is -2.50. The monoisotopic (exact) mass is 285 g/mol. The maximum Gasteiger partial charge on any atom is 0.163 e. The predicted octanol–water partition coefficient (Wildman–Crippen LogP) is 0.787. The molecular weight excluding hydrogens is 266 g/mol. The molecule has 1 aliphatic rings. The lowest BCUT2D eigenvalue weighted by Gasteiger charge is -2.37. The van der Waals surface area contributed by atoms with E-state index in [1.165, 1.54) is 0 Å². The second kappa shape index (κ2) is 5.66. The molecule has 1 saturated heterocycles. The van der Waals surface area contributed by atoms with E-state index in [4.69, 9.17) is 5.26 Å². The summed E-state index contributed by atoms with van der Waals surface area (Å²) in [6.07, 6.45) is 4.29. The molecule has 7 heteroatoms. The van der Waals surface area contributed by atoms with Gasteiger partial charge in [0.2, 0.25) is 0 Å². The number of hydrogen-bond donors (Lipinski definition) is 0. The summed E-state index contributed by atoms with van der Waals surface area (Å²) in [6, 6.07) is 2.40. The molecule has 0 bridgehead atoms. The number of nitrogens with zero attached hydrogens (tertiary/aromatic N) is 7. The van der Waals surface area contributed by atoms with Crippen LogP contribution in [-0.4, -0.2) is 56.9 Å². The van der Waals surface area contributed by atoms with Crippen molar-refractivity contribution in [3.8, 4) is 6.07 Å². The molecule has 0 N–H and O–H groups in total. The fourth-order valence-corrected chi connectivity index (χ4v) is 2.88. The van der Waals surface area contributed by atoms with Gasteiger partial charge < -0.3 is 4.90 Å². The number of nitriles is 1. The summed E-state index contributed by atoms with van der Waals surface area (Å²) in [4.78, 5) is 13.2. The maximum atomic E-state index is 9.17. The van der Waals surface area contributed by atoms with Crippen molar-refractivity contribution in [2.45, 2.75) is 19.4 Å². The van der Waals surface area contributed by atoms with Crippen molar-refractivity contribution in [2.24, 2.45) is 7.05 Å². The van der Waals surface area contributed by atoms with Crippen molar-refractivity contribution in [1.82, 2.24) is 24.6 Å². The third-order valence-electron chi connectivity index (χ3n) is 4.10. The smallest absolute Gasteiger partial charge is 0.163 e. The van der Waals surface area contributed by atoms with Gasteiger partial charge in [0.25, 0.3) is 0 Å². The first-order valence-electron chi connectivity index (χ1n) is 7.26. The van der Waals surface area contributed by atoms with Crippen molar-refractivity contribution in [1.29, 1.82) is 5.26 Å². The van der Waals surface area contributed by atoms with E-state index in [0.29, 0.717) is 0 Å². The Kier molecular flexibility index (Phi) is 3.71. The molecule has 3 rings (SSSR count). The fraction of sp³-hybridized carbons (Fsp3) is 0.571. The second-order valence-electron chi connectivity index (χ2n) is 5.28. The third kappa shape index (κ3) is 2.43. The Morgan fingerprint density at radius 3 is 2.71 bits per heavy atom. The predicted molar refractivity (Wildman–Crippen MR) is 79.8 cm³/mol. The number of piperazine rings is 1. The van der Waals surface area contributed by atoms with Crippen LogP contribution in [0.25, 0.3) is 11.0 Å². The number of hydrogen-bond acceptors (Lipinski definition) is 6. The minimum absolute atomic E-state index is 0.0240. The zero-order valence-corrected chi connectivity index (χ0v) is 12.4. The van der Waals surface area contributed by atoms with Gasteiger partial charge in [-0.15, -0.1) is 0 Å². The Labute approximate surface area is 123 Å². The summed E-state index contributed by atoms with van der Waals surface area (Å²) < 4.78 is 1.76. The summed E-state index contributed by atoms with van der Waals surface area (Å²) >= 11 is 0. The van der Waals surface area contributed by atoms with E-state index in [9.17, 15) is 0 Å². The van der Waals surface area contributed by atoms with Crippen LogP contribution in [0.5, 0.6) is 0 Å². The van der Waals surface area contributed by atoms with Gasteiger partial charge >= 0.3 is 0 Å². The van der Waals surface area contributed by atoms with Crippen molar-refractivity contribution >= 4 is 16.9 Å². The molecule has 0 aromatic carbocycles. The van der Waals surface area contributed by atoms with Gasteiger partial charge in [-0.25, -0.2) is 9.97 Å². The summed E-state index contributed by atoms with van der Waals surface area (Å²) in [5, 5.41) is 14.4. The van der Waals surface area contributed by atoms with E-state index >= 15 is 0 Å². The van der Waals surface area contributed by atoms with Gasteiger partial charge in [-0.05, 0) is 6.42 Å². The minimum Gasteiger partial charge on any atom is -0.353 e. The molecule has 0 amide bonds. The summed E-state index contributed by atoms with van der Waals surface area (Å²) in [7, 11) is 1.88. The van der Waals surface area contributed by atoms with Gasteiger partial charge in [0.05, 0.1) is 23.7 Å². The molecular formula is C14H19N7. The third-order valence-corrected chi connectivity index (χ3v) is 4.10. The topological polar surface area (TPSA) is 73.9 Å². The average molecular weight is 285 g/mol. The number of anilines is 1. The van der Waals surface area contributed by atoms with Crippen molar-refractivity contribution in [3.63, 3.8) is 0 Å². The molecule has 7 nitrogen and oxygen atoms in total. The average Bonchev–Trinajstić information content (AvgIpc) is 2.91. The molecule has 1 unspecified atom stereocenters. The Balaban J connectivity index is 1.79. The first-order chi connectivity index (χ1) is 10.2. The highest BCUT2D eigenvalue weighted by atomic mass is 15.3. The zero-order valence-electron chi connectivity index (χ0n) is 12.4. The van der Waals surface area contributed by atoms with Crippen molar-refractivity contribution in [2.75, 3.05) is 31.1 Å². The van der Waals surface area contributed by atoms with Crippen LogP contribution in [0, 0.1) is 11.3 Å². The minimum atomic E-state index is 0.0240. The van der Waals surface area contributed by atoms with Crippen LogP contribution < -0.4 is 4.90 Å². The van der Waals surface area contributed by atoms with Crippen LogP contribution in [-0.2, 0) is 7.05 Å². The van der Waals surface area contributed by atoms with Crippen LogP contribution in [0.3, 0.4) is 0 Å². The van der Waals surface area contributed by atoms with Gasteiger partial charge in [0, 0.05) is 33.2 Å². The zero-order chi connectivity index (χ0) is 14.8. The first-order valence-corrected chi connectivity index (χ1v) is 7.26. The van der Waals surface area contributed by atoms with Crippen molar-refractivity contribution in [3.05, 3.63) is 12.5 Å². The summed E-state index contributed by atoms with van der Waals surface area (Å²) in [5.41, 5.74) is 0.853. The van der Waals surface area contributed by atoms with Gasteiger partial charge in [0.1, 0.15) is 12.1 Å². The van der Waals surface area contributed by atoms with E-state index in [1.54, 1.807) is 11.0 Å². The molecule has 3 heterocycles. The maximum absolute atomic E-state index is 9.17. The Hall–Kier alpha value is -2.20. The Morgan fingerprint density at radius 1 is 1.29 bits per heavy atom. The summed E-state index contributed by atoms with van der Waals surface area (Å²) in [6.45, 7) is 5.58. The van der Waals surface area contributed by atoms with Crippen molar-refractivity contribution < 1.29 is 0 Å². The van der Waals surface area contributed by atoms with Crippen LogP contribution in [0.4, 0.5) is 5.82 Å². The quantitative estimate of drug-likeness (QED) is 0.830. The number of fused-ring (bicyclic) bond motifs is 1. The van der Waals surface area contributed by atoms with Gasteiger partial charge in [-0.2, -0.15) is 10.4 Å². The second-order valence-corrected chi connectivity index (χ2v) is 5.28. The Bertz CT molecular complexity index is 664. The van der Waals surface area contributed by atoms with E-state index in [2.05, 4.69) is 37.9 Å². The molecule has 1 atom stereocenters. The molecule has 2 aromatic heterocycles. The number of aryl methyl sites for hydroxylation is 1. The molecule has 21 heavy (non-hydrogen) atoms. The molecule has 0 spiro atoms. The standard InChI is InChI=1S/C14H19N7/c1-3-11(8-15)20-4-6-21(7-5-20)14-12-9-18-19(2)13(12)16-10-17-14/h9-11H,3-7H2,1-2H3. The molecule has 110 valence electrons. The molecule has 1 aliphatic heterocycles. The first kappa shape index (κ1) is 13.8. The van der Waals surface area contributed by atoms with Crippen LogP contribution >= 0.6 is 0 Å². The SMILES string of the molecule is CCC(C#N)N1CCN(c2ncnc3c2cnn3C)CC1. The van der Waals surface area contributed by atoms with E-state index in [1.807, 2.05) is 13.2 Å². The number of aromatic nitrogens is 4. The highest BCUT2D eigenvalue weighted by Gasteiger charge is 2.24. The lowest BCUT2D eigenvalue weighted by atomic mass is 10.2. The van der Waals surface area contributed by atoms with E-state index in [0.717, 1.165) is 49.5 Å². The fourth-order valence-electron chi connectivity index (χ4n) is 2.88. The molecule has 0 aliphatic carbocycles. The Morgan fingerprint density at radius 2 is 2.05 bits per heavy atom. The van der Waals surface area contributed by atoms with Crippen LogP contribution in [0.15, 0.2) is 12.5 Å². The van der Waals surface area contributed by atoms with Gasteiger partial charge in [-0.1, -0.05) is 6.92 Å². The lowest BCUT2D eigenvalue weighted by molar-refractivity contribution is 0.216. The van der Waals surface area contributed by atoms with Crippen LogP contribution in [0.1, 0.15) is 13.3 Å². The van der Waals surface area contributed by atoms with Gasteiger partial charge in [-0.3, -0.25) is 9.58 Å². The highest BCUT2D eigenvalue weighted by Crippen LogP contribution is 2.23. The highest BCUT2D eigenvalue weighted by molar-refractivity contribution is 5.86. The largest absolute Gasteiger partial charge is 0.353 e. The summed E-state index contributed by atoms with van der Waals surface area (Å²) in [5.74, 6) is 0.942. The molecule has 1 fully saturated rings. The molecule has 2 aromatic rings.